The van der Waals surface area contributed by atoms with Gasteiger partial charge in [0, 0.05) is 26.2 Å². The molecule has 1 aliphatic rings. The van der Waals surface area contributed by atoms with Crippen molar-refractivity contribution in [3.8, 4) is 0 Å². The molecule has 0 spiro atoms. The molecule has 0 aromatic carbocycles. The third-order valence-electron chi connectivity index (χ3n) is 3.35. The standard InChI is InChI=1S/C13H26N2O3/c1-4-12-10-14(2)6-5-7-15(12)13(16)11-18-9-8-17-3/h12H,4-11H2,1-3H3. The molecule has 0 N–H and O–H groups in total. The summed E-state index contributed by atoms with van der Waals surface area (Å²) in [5.74, 6) is 0.105. The number of nitrogens with zero attached hydrogens (tertiary/aromatic N) is 2. The summed E-state index contributed by atoms with van der Waals surface area (Å²) in [6.07, 6.45) is 2.03. The van der Waals surface area contributed by atoms with Gasteiger partial charge in [-0.05, 0) is 26.4 Å². The van der Waals surface area contributed by atoms with Gasteiger partial charge >= 0.3 is 0 Å². The number of hydrogen-bond acceptors (Lipinski definition) is 4. The predicted molar refractivity (Wildman–Crippen MR) is 70.6 cm³/mol. The summed E-state index contributed by atoms with van der Waals surface area (Å²) >= 11 is 0. The molecule has 0 aliphatic carbocycles. The van der Waals surface area contributed by atoms with Crippen molar-refractivity contribution in [1.29, 1.82) is 0 Å². The van der Waals surface area contributed by atoms with Crippen LogP contribution in [0.1, 0.15) is 19.8 Å². The van der Waals surface area contributed by atoms with Crippen LogP contribution in [0, 0.1) is 0 Å². The van der Waals surface area contributed by atoms with Gasteiger partial charge in [-0.1, -0.05) is 6.92 Å². The lowest BCUT2D eigenvalue weighted by atomic mass is 10.2. The molecule has 0 bridgehead atoms. The van der Waals surface area contributed by atoms with E-state index >= 15 is 0 Å². The van der Waals surface area contributed by atoms with Gasteiger partial charge in [0.2, 0.25) is 5.91 Å². The zero-order valence-corrected chi connectivity index (χ0v) is 11.9. The van der Waals surface area contributed by atoms with Gasteiger partial charge in [0.05, 0.1) is 13.2 Å². The SMILES string of the molecule is CCC1CN(C)CCCN1C(=O)COCCOC. The van der Waals surface area contributed by atoms with Gasteiger partial charge in [0.15, 0.2) is 0 Å². The molecule has 18 heavy (non-hydrogen) atoms. The van der Waals surface area contributed by atoms with Crippen molar-refractivity contribution in [3.63, 3.8) is 0 Å². The zero-order chi connectivity index (χ0) is 13.4. The number of carbonyl (C=O) groups excluding carboxylic acids is 1. The molecule has 1 heterocycles. The fourth-order valence-corrected chi connectivity index (χ4v) is 2.31. The Labute approximate surface area is 110 Å². The second-order valence-corrected chi connectivity index (χ2v) is 4.81. The van der Waals surface area contributed by atoms with E-state index in [1.807, 2.05) is 4.90 Å². The van der Waals surface area contributed by atoms with E-state index in [1.54, 1.807) is 7.11 Å². The molecule has 1 unspecified atom stereocenters. The van der Waals surface area contributed by atoms with E-state index in [4.69, 9.17) is 9.47 Å². The monoisotopic (exact) mass is 258 g/mol. The smallest absolute Gasteiger partial charge is 0.248 e. The van der Waals surface area contributed by atoms with Crippen molar-refractivity contribution in [1.82, 2.24) is 9.80 Å². The van der Waals surface area contributed by atoms with Crippen molar-refractivity contribution in [3.05, 3.63) is 0 Å². The first kappa shape index (κ1) is 15.4. The largest absolute Gasteiger partial charge is 0.382 e. The minimum Gasteiger partial charge on any atom is -0.382 e. The van der Waals surface area contributed by atoms with Gasteiger partial charge in [-0.3, -0.25) is 4.79 Å². The van der Waals surface area contributed by atoms with Crippen molar-refractivity contribution in [2.45, 2.75) is 25.8 Å². The maximum atomic E-state index is 12.1. The minimum absolute atomic E-state index is 0.105. The molecule has 106 valence electrons. The molecule has 0 saturated carbocycles. The summed E-state index contributed by atoms with van der Waals surface area (Å²) < 4.78 is 10.2. The maximum absolute atomic E-state index is 12.1. The average Bonchev–Trinajstić information content (AvgIpc) is 2.55. The van der Waals surface area contributed by atoms with Crippen LogP contribution in [0.5, 0.6) is 0 Å². The molecule has 1 saturated heterocycles. The topological polar surface area (TPSA) is 42.0 Å². The molecule has 5 heteroatoms. The fourth-order valence-electron chi connectivity index (χ4n) is 2.31. The van der Waals surface area contributed by atoms with E-state index in [1.165, 1.54) is 0 Å². The molecule has 0 aromatic rings. The zero-order valence-electron chi connectivity index (χ0n) is 11.9. The van der Waals surface area contributed by atoms with Crippen LogP contribution >= 0.6 is 0 Å². The van der Waals surface area contributed by atoms with Gasteiger partial charge < -0.3 is 19.3 Å². The molecule has 0 radical (unpaired) electrons. The van der Waals surface area contributed by atoms with Gasteiger partial charge in [0.1, 0.15) is 6.61 Å². The van der Waals surface area contributed by atoms with Crippen LogP contribution in [0.3, 0.4) is 0 Å². The Balaban J connectivity index is 2.42. The third-order valence-corrected chi connectivity index (χ3v) is 3.35. The van der Waals surface area contributed by atoms with Crippen LogP contribution in [0.2, 0.25) is 0 Å². The highest BCUT2D eigenvalue weighted by Crippen LogP contribution is 2.12. The lowest BCUT2D eigenvalue weighted by molar-refractivity contribution is -0.138. The molecule has 1 aliphatic heterocycles. The van der Waals surface area contributed by atoms with Gasteiger partial charge in [0.25, 0.3) is 0 Å². The highest BCUT2D eigenvalue weighted by atomic mass is 16.5. The van der Waals surface area contributed by atoms with Gasteiger partial charge in [-0.25, -0.2) is 0 Å². The van der Waals surface area contributed by atoms with Crippen LogP contribution < -0.4 is 0 Å². The average molecular weight is 258 g/mol. The highest BCUT2D eigenvalue weighted by molar-refractivity contribution is 5.77. The van der Waals surface area contributed by atoms with Gasteiger partial charge in [-0.2, -0.15) is 0 Å². The minimum atomic E-state index is 0.105. The van der Waals surface area contributed by atoms with E-state index < -0.39 is 0 Å². The van der Waals surface area contributed by atoms with E-state index in [2.05, 4.69) is 18.9 Å². The Morgan fingerprint density at radius 2 is 2.11 bits per heavy atom. The van der Waals surface area contributed by atoms with E-state index in [0.29, 0.717) is 19.3 Å². The summed E-state index contributed by atoms with van der Waals surface area (Å²) in [4.78, 5) is 16.4. The van der Waals surface area contributed by atoms with Crippen LogP contribution in [0.4, 0.5) is 0 Å². The first-order chi connectivity index (χ1) is 8.69. The van der Waals surface area contributed by atoms with E-state index in [0.717, 1.165) is 32.5 Å². The quantitative estimate of drug-likeness (QED) is 0.654. The molecule has 1 atom stereocenters. The lowest BCUT2D eigenvalue weighted by Gasteiger charge is -2.30. The first-order valence-corrected chi connectivity index (χ1v) is 6.73. The summed E-state index contributed by atoms with van der Waals surface area (Å²) in [6.45, 7) is 6.18. The number of rotatable bonds is 6. The molecule has 1 fully saturated rings. The van der Waals surface area contributed by atoms with Crippen molar-refractivity contribution in [2.75, 3.05) is 53.6 Å². The number of methoxy groups -OCH3 is 1. The number of likely N-dealkylation sites (N-methyl/N-ethyl adjacent to an activating group) is 1. The van der Waals surface area contributed by atoms with Crippen molar-refractivity contribution >= 4 is 5.91 Å². The normalized spacial score (nSPS) is 21.9. The van der Waals surface area contributed by atoms with Gasteiger partial charge in [-0.15, -0.1) is 0 Å². The van der Waals surface area contributed by atoms with E-state index in [9.17, 15) is 4.79 Å². The molecule has 1 rings (SSSR count). The Hall–Kier alpha value is -0.650. The third kappa shape index (κ3) is 4.92. The summed E-state index contributed by atoms with van der Waals surface area (Å²) in [7, 11) is 3.74. The molecule has 1 amide bonds. The number of ether oxygens (including phenoxy) is 2. The molecular formula is C13H26N2O3. The Morgan fingerprint density at radius 1 is 1.33 bits per heavy atom. The summed E-state index contributed by atoms with van der Waals surface area (Å²) in [5, 5.41) is 0. The lowest BCUT2D eigenvalue weighted by Crippen LogP contribution is -2.45. The second-order valence-electron chi connectivity index (χ2n) is 4.81. The van der Waals surface area contributed by atoms with Crippen LogP contribution in [0.25, 0.3) is 0 Å². The van der Waals surface area contributed by atoms with Crippen molar-refractivity contribution in [2.24, 2.45) is 0 Å². The Morgan fingerprint density at radius 3 is 2.78 bits per heavy atom. The Bertz CT molecular complexity index is 248. The second kappa shape index (κ2) is 8.45. The molecular weight excluding hydrogens is 232 g/mol. The first-order valence-electron chi connectivity index (χ1n) is 6.73. The van der Waals surface area contributed by atoms with Crippen LogP contribution in [-0.4, -0.2) is 75.4 Å². The van der Waals surface area contributed by atoms with Crippen LogP contribution in [-0.2, 0) is 14.3 Å². The van der Waals surface area contributed by atoms with Crippen LogP contribution in [0.15, 0.2) is 0 Å². The predicted octanol–water partition coefficient (Wildman–Crippen LogP) is 0.592. The molecule has 5 nitrogen and oxygen atoms in total. The number of carbonyl (C=O) groups is 1. The molecule has 0 aromatic heterocycles. The van der Waals surface area contributed by atoms with E-state index in [-0.39, 0.29) is 12.5 Å². The number of amides is 1. The summed E-state index contributed by atoms with van der Waals surface area (Å²) in [5.41, 5.74) is 0. The van der Waals surface area contributed by atoms with Crippen molar-refractivity contribution < 1.29 is 14.3 Å². The fraction of sp³-hybridized carbons (Fsp3) is 0.923. The summed E-state index contributed by atoms with van der Waals surface area (Å²) in [6, 6.07) is 0.316. The highest BCUT2D eigenvalue weighted by Gasteiger charge is 2.25. The number of hydrogen-bond donors (Lipinski definition) is 0. The maximum Gasteiger partial charge on any atom is 0.248 e. The Kier molecular flexibility index (Phi) is 7.23.